The molecule has 0 bridgehead atoms. The second kappa shape index (κ2) is 5.84. The van der Waals surface area contributed by atoms with Crippen LogP contribution in [-0.2, 0) is 4.74 Å². The van der Waals surface area contributed by atoms with E-state index in [0.29, 0.717) is 6.10 Å². The summed E-state index contributed by atoms with van der Waals surface area (Å²) in [6.45, 7) is 4.07. The highest BCUT2D eigenvalue weighted by Gasteiger charge is 2.28. The predicted octanol–water partition coefficient (Wildman–Crippen LogP) is 1.51. The molecule has 0 aromatic carbocycles. The maximum atomic E-state index is 5.47. The zero-order valence-electron chi connectivity index (χ0n) is 8.01. The molecule has 12 heavy (non-hydrogen) atoms. The molecule has 2 nitrogen and oxygen atoms in total. The highest BCUT2D eigenvalue weighted by atomic mass is 32.2. The third-order valence-electron chi connectivity index (χ3n) is 2.24. The standard InChI is InChI=1S/C9H19NOS/c1-3-11-9-6-8(7-9)10-4-5-12-2/h8-10H,3-7H2,1-2H3. The molecule has 1 saturated carbocycles. The van der Waals surface area contributed by atoms with Crippen molar-refractivity contribution in [2.24, 2.45) is 0 Å². The molecule has 0 saturated heterocycles. The van der Waals surface area contributed by atoms with Crippen LogP contribution in [0.1, 0.15) is 19.8 Å². The van der Waals surface area contributed by atoms with E-state index in [1.54, 1.807) is 0 Å². The molecule has 0 atom stereocenters. The minimum Gasteiger partial charge on any atom is -0.378 e. The quantitative estimate of drug-likeness (QED) is 0.640. The molecule has 0 heterocycles. The summed E-state index contributed by atoms with van der Waals surface area (Å²) >= 11 is 1.90. The fourth-order valence-corrected chi connectivity index (χ4v) is 1.79. The number of hydrogen-bond donors (Lipinski definition) is 1. The van der Waals surface area contributed by atoms with Gasteiger partial charge in [0.15, 0.2) is 0 Å². The van der Waals surface area contributed by atoms with E-state index in [1.165, 1.54) is 18.6 Å². The first-order valence-corrected chi connectivity index (χ1v) is 6.10. The van der Waals surface area contributed by atoms with Gasteiger partial charge in [-0.25, -0.2) is 0 Å². The molecule has 0 radical (unpaired) electrons. The van der Waals surface area contributed by atoms with Crippen molar-refractivity contribution in [2.75, 3.05) is 25.2 Å². The third-order valence-corrected chi connectivity index (χ3v) is 2.85. The Kier molecular flexibility index (Phi) is 5.04. The molecule has 3 heteroatoms. The van der Waals surface area contributed by atoms with Gasteiger partial charge in [0, 0.05) is 24.9 Å². The van der Waals surface area contributed by atoms with Crippen LogP contribution in [0.15, 0.2) is 0 Å². The van der Waals surface area contributed by atoms with Gasteiger partial charge in [-0.1, -0.05) is 0 Å². The van der Waals surface area contributed by atoms with Crippen molar-refractivity contribution >= 4 is 11.8 Å². The van der Waals surface area contributed by atoms with Crippen LogP contribution in [0.25, 0.3) is 0 Å². The van der Waals surface area contributed by atoms with Crippen molar-refractivity contribution in [2.45, 2.75) is 31.9 Å². The van der Waals surface area contributed by atoms with Crippen molar-refractivity contribution < 1.29 is 4.74 Å². The lowest BCUT2D eigenvalue weighted by molar-refractivity contribution is -0.00929. The molecule has 0 aromatic rings. The lowest BCUT2D eigenvalue weighted by Gasteiger charge is -2.35. The summed E-state index contributed by atoms with van der Waals surface area (Å²) in [6, 6.07) is 0.730. The normalized spacial score (nSPS) is 28.5. The number of rotatable bonds is 6. The van der Waals surface area contributed by atoms with Crippen LogP contribution in [0.3, 0.4) is 0 Å². The van der Waals surface area contributed by atoms with Gasteiger partial charge in [-0.2, -0.15) is 11.8 Å². The molecule has 1 N–H and O–H groups in total. The Bertz CT molecular complexity index is 112. The monoisotopic (exact) mass is 189 g/mol. The number of thioether (sulfide) groups is 1. The van der Waals surface area contributed by atoms with Crippen LogP contribution < -0.4 is 5.32 Å². The second-order valence-corrected chi connectivity index (χ2v) is 4.18. The number of nitrogens with one attached hydrogen (secondary N) is 1. The van der Waals surface area contributed by atoms with Crippen molar-refractivity contribution in [3.63, 3.8) is 0 Å². The first kappa shape index (κ1) is 10.4. The van der Waals surface area contributed by atoms with Crippen molar-refractivity contribution in [3.8, 4) is 0 Å². The smallest absolute Gasteiger partial charge is 0.0604 e. The van der Waals surface area contributed by atoms with E-state index in [9.17, 15) is 0 Å². The Hall–Kier alpha value is 0.270. The fraction of sp³-hybridized carbons (Fsp3) is 1.00. The van der Waals surface area contributed by atoms with E-state index in [1.807, 2.05) is 11.8 Å². The van der Waals surface area contributed by atoms with Gasteiger partial charge in [-0.05, 0) is 26.0 Å². The molecule has 0 aromatic heterocycles. The van der Waals surface area contributed by atoms with Gasteiger partial charge in [0.25, 0.3) is 0 Å². The van der Waals surface area contributed by atoms with Gasteiger partial charge in [0.2, 0.25) is 0 Å². The van der Waals surface area contributed by atoms with Crippen molar-refractivity contribution in [1.29, 1.82) is 0 Å². The molecular formula is C9H19NOS. The topological polar surface area (TPSA) is 21.3 Å². The summed E-state index contributed by atoms with van der Waals surface area (Å²) in [7, 11) is 0. The summed E-state index contributed by atoms with van der Waals surface area (Å²) < 4.78 is 5.47. The van der Waals surface area contributed by atoms with Gasteiger partial charge < -0.3 is 10.1 Å². The zero-order chi connectivity index (χ0) is 8.81. The van der Waals surface area contributed by atoms with Crippen LogP contribution in [-0.4, -0.2) is 37.3 Å². The average molecular weight is 189 g/mol. The number of hydrogen-bond acceptors (Lipinski definition) is 3. The molecule has 0 aliphatic heterocycles. The molecule has 1 aliphatic carbocycles. The molecule has 72 valence electrons. The maximum Gasteiger partial charge on any atom is 0.0604 e. The molecular weight excluding hydrogens is 170 g/mol. The third kappa shape index (κ3) is 3.33. The first-order chi connectivity index (χ1) is 5.86. The Morgan fingerprint density at radius 3 is 2.83 bits per heavy atom. The Balaban J connectivity index is 1.88. The number of ether oxygens (including phenoxy) is 1. The van der Waals surface area contributed by atoms with Crippen LogP contribution in [0.5, 0.6) is 0 Å². The predicted molar refractivity (Wildman–Crippen MR) is 54.8 cm³/mol. The molecule has 0 amide bonds. The minimum atomic E-state index is 0.543. The lowest BCUT2D eigenvalue weighted by atomic mass is 9.89. The summed E-state index contributed by atoms with van der Waals surface area (Å²) in [4.78, 5) is 0. The van der Waals surface area contributed by atoms with Gasteiger partial charge >= 0.3 is 0 Å². The Morgan fingerprint density at radius 1 is 1.50 bits per heavy atom. The van der Waals surface area contributed by atoms with E-state index >= 15 is 0 Å². The van der Waals surface area contributed by atoms with Crippen molar-refractivity contribution in [3.05, 3.63) is 0 Å². The lowest BCUT2D eigenvalue weighted by Crippen LogP contribution is -2.46. The molecule has 0 unspecified atom stereocenters. The largest absolute Gasteiger partial charge is 0.378 e. The van der Waals surface area contributed by atoms with E-state index in [2.05, 4.69) is 18.5 Å². The van der Waals surface area contributed by atoms with Gasteiger partial charge in [0.1, 0.15) is 0 Å². The molecule has 1 fully saturated rings. The van der Waals surface area contributed by atoms with Crippen LogP contribution in [0.2, 0.25) is 0 Å². The Labute approximate surface area is 79.4 Å². The highest BCUT2D eigenvalue weighted by molar-refractivity contribution is 7.98. The summed E-state index contributed by atoms with van der Waals surface area (Å²) in [5.74, 6) is 1.22. The van der Waals surface area contributed by atoms with Crippen molar-refractivity contribution in [1.82, 2.24) is 5.32 Å². The van der Waals surface area contributed by atoms with Gasteiger partial charge in [0.05, 0.1) is 6.10 Å². The maximum absolute atomic E-state index is 5.47. The minimum absolute atomic E-state index is 0.543. The summed E-state index contributed by atoms with van der Waals surface area (Å²) in [5.41, 5.74) is 0. The molecule has 1 rings (SSSR count). The van der Waals surface area contributed by atoms with Crippen LogP contribution >= 0.6 is 11.8 Å². The van der Waals surface area contributed by atoms with E-state index in [4.69, 9.17) is 4.74 Å². The van der Waals surface area contributed by atoms with Gasteiger partial charge in [-0.15, -0.1) is 0 Å². The van der Waals surface area contributed by atoms with E-state index in [0.717, 1.165) is 19.2 Å². The van der Waals surface area contributed by atoms with E-state index in [-0.39, 0.29) is 0 Å². The average Bonchev–Trinajstić information content (AvgIpc) is 2.00. The van der Waals surface area contributed by atoms with Crippen LogP contribution in [0.4, 0.5) is 0 Å². The van der Waals surface area contributed by atoms with Gasteiger partial charge in [-0.3, -0.25) is 0 Å². The Morgan fingerprint density at radius 2 is 2.25 bits per heavy atom. The van der Waals surface area contributed by atoms with Crippen LogP contribution in [0, 0.1) is 0 Å². The highest BCUT2D eigenvalue weighted by Crippen LogP contribution is 2.22. The SMILES string of the molecule is CCOC1CC(NCCSC)C1. The summed E-state index contributed by atoms with van der Waals surface area (Å²) in [5, 5.41) is 3.51. The zero-order valence-corrected chi connectivity index (χ0v) is 8.82. The molecule has 0 spiro atoms. The van der Waals surface area contributed by atoms with E-state index < -0.39 is 0 Å². The summed E-state index contributed by atoms with van der Waals surface area (Å²) in [6.07, 6.45) is 5.11. The first-order valence-electron chi connectivity index (χ1n) is 4.70. The fourth-order valence-electron chi connectivity index (χ4n) is 1.47. The molecule has 1 aliphatic rings. The second-order valence-electron chi connectivity index (χ2n) is 3.19.